The molecule has 0 radical (unpaired) electrons. The van der Waals surface area contributed by atoms with E-state index in [1.54, 1.807) is 52.1 Å². The predicted molar refractivity (Wildman–Crippen MR) is 176 cm³/mol. The number of hydrogen-bond donors (Lipinski definition) is 0. The van der Waals surface area contributed by atoms with Gasteiger partial charge in [0, 0.05) is 31.1 Å². The molecule has 1 unspecified atom stereocenters. The highest BCUT2D eigenvalue weighted by molar-refractivity contribution is 5.84. The molecule has 3 aromatic rings. The van der Waals surface area contributed by atoms with Crippen molar-refractivity contribution in [2.24, 2.45) is 5.92 Å². The van der Waals surface area contributed by atoms with Crippen molar-refractivity contribution in [1.29, 1.82) is 0 Å². The molecular weight excluding hydrogens is 574 g/mol. The highest BCUT2D eigenvalue weighted by Crippen LogP contribution is 2.37. The Kier molecular flexibility index (Phi) is 12.4. The summed E-state index contributed by atoms with van der Waals surface area (Å²) in [5, 5.41) is 0. The molecule has 45 heavy (non-hydrogen) atoms. The molecule has 0 aliphatic heterocycles. The lowest BCUT2D eigenvalue weighted by molar-refractivity contribution is -0.143. The quantitative estimate of drug-likeness (QED) is 0.175. The fraction of sp³-hybridized carbons (Fsp3) is 0.486. The second-order valence-corrected chi connectivity index (χ2v) is 12.9. The molecule has 0 saturated heterocycles. The lowest BCUT2D eigenvalue weighted by Crippen LogP contribution is -2.32. The van der Waals surface area contributed by atoms with Gasteiger partial charge >= 0.3 is 5.97 Å². The number of ether oxygens (including phenoxy) is 1. The van der Waals surface area contributed by atoms with E-state index in [0.29, 0.717) is 35.1 Å². The maximum atomic E-state index is 16.0. The number of nitrogens with zero attached hydrogens (tertiary/aromatic N) is 2. The van der Waals surface area contributed by atoms with Crippen molar-refractivity contribution in [2.45, 2.75) is 86.1 Å². The Hall–Kier alpha value is -3.65. The first kappa shape index (κ1) is 35.8. The Labute approximate surface area is 266 Å². The van der Waals surface area contributed by atoms with Gasteiger partial charge in [0.2, 0.25) is 0 Å². The standard InChI is InChI=1S/C37H48F2N2O4/c1-10-45-35(44)20-28(31-18-29(14-26(7)37(31)39)36-24(5)15-30(38)16-25(36)6)19-33(42)32(13-22(2)3)41-21-27(11-12-40(8)9)23(4)17-34(41)43/h14-18,21-22,28,32H,10-13,19-20H2,1-9H3/t28-,32?/m0/s1. The van der Waals surface area contributed by atoms with E-state index < -0.39 is 23.7 Å². The zero-order chi connectivity index (χ0) is 33.6. The lowest BCUT2D eigenvalue weighted by atomic mass is 9.83. The predicted octanol–water partition coefficient (Wildman–Crippen LogP) is 7.41. The summed E-state index contributed by atoms with van der Waals surface area (Å²) in [5.74, 6) is -2.39. The normalized spacial score (nSPS) is 12.9. The number of carbonyl (C=O) groups is 2. The molecule has 2 aromatic carbocycles. The molecule has 0 aliphatic rings. The van der Waals surface area contributed by atoms with Crippen LogP contribution in [0.2, 0.25) is 0 Å². The van der Waals surface area contributed by atoms with Crippen LogP contribution in [0.3, 0.4) is 0 Å². The number of ketones is 1. The second kappa shape index (κ2) is 15.6. The molecule has 0 aliphatic carbocycles. The van der Waals surface area contributed by atoms with Crippen LogP contribution in [0, 0.1) is 45.2 Å². The molecule has 1 heterocycles. The van der Waals surface area contributed by atoms with Gasteiger partial charge in [-0.05, 0) is 136 Å². The van der Waals surface area contributed by atoms with Gasteiger partial charge < -0.3 is 14.2 Å². The monoisotopic (exact) mass is 622 g/mol. The molecule has 0 bridgehead atoms. The van der Waals surface area contributed by atoms with Crippen LogP contribution in [0.25, 0.3) is 11.1 Å². The molecule has 8 heteroatoms. The first-order chi connectivity index (χ1) is 21.1. The van der Waals surface area contributed by atoms with E-state index in [4.69, 9.17) is 4.74 Å². The number of Topliss-reactive ketones (excluding diaryl/α,β-unsaturated/α-hetero) is 1. The minimum Gasteiger partial charge on any atom is -0.466 e. The van der Waals surface area contributed by atoms with Gasteiger partial charge in [0.15, 0.2) is 5.78 Å². The number of hydrogen-bond acceptors (Lipinski definition) is 5. The maximum Gasteiger partial charge on any atom is 0.306 e. The summed E-state index contributed by atoms with van der Waals surface area (Å²) in [6, 6.07) is 7.03. The average Bonchev–Trinajstić information content (AvgIpc) is 2.92. The van der Waals surface area contributed by atoms with Crippen LogP contribution in [-0.4, -0.2) is 48.5 Å². The summed E-state index contributed by atoms with van der Waals surface area (Å²) in [7, 11) is 3.96. The van der Waals surface area contributed by atoms with E-state index in [0.717, 1.165) is 23.2 Å². The number of halogens is 2. The van der Waals surface area contributed by atoms with Crippen molar-refractivity contribution in [3.63, 3.8) is 0 Å². The Morgan fingerprint density at radius 2 is 1.56 bits per heavy atom. The minimum absolute atomic E-state index is 0.0904. The third-order valence-electron chi connectivity index (χ3n) is 8.30. The number of rotatable bonds is 14. The SMILES string of the molecule is CCOC(=O)C[C@H](CC(=O)C(CC(C)C)n1cc(CCN(C)C)c(C)cc1=O)c1cc(-c2c(C)cc(F)cc2C)cc(C)c1F. The number of esters is 1. The second-order valence-electron chi connectivity index (χ2n) is 12.9. The van der Waals surface area contributed by atoms with Crippen LogP contribution in [0.5, 0.6) is 0 Å². The highest BCUT2D eigenvalue weighted by Gasteiger charge is 2.30. The number of benzene rings is 2. The molecule has 244 valence electrons. The molecule has 0 saturated carbocycles. The van der Waals surface area contributed by atoms with Gasteiger partial charge in [-0.15, -0.1) is 0 Å². The van der Waals surface area contributed by atoms with E-state index >= 15 is 4.39 Å². The summed E-state index contributed by atoms with van der Waals surface area (Å²) in [6.07, 6.45) is 2.55. The molecule has 0 fully saturated rings. The fourth-order valence-corrected chi connectivity index (χ4v) is 6.08. The summed E-state index contributed by atoms with van der Waals surface area (Å²) in [5.41, 5.74) is 5.00. The van der Waals surface area contributed by atoms with Crippen molar-refractivity contribution in [3.05, 3.63) is 91.9 Å². The van der Waals surface area contributed by atoms with Crippen molar-refractivity contribution >= 4 is 11.8 Å². The van der Waals surface area contributed by atoms with Gasteiger partial charge in [0.05, 0.1) is 19.1 Å². The van der Waals surface area contributed by atoms with Crippen molar-refractivity contribution < 1.29 is 23.1 Å². The third-order valence-corrected chi connectivity index (χ3v) is 8.30. The summed E-state index contributed by atoms with van der Waals surface area (Å²) < 4.78 is 36.8. The number of aryl methyl sites for hydroxylation is 4. The number of likely N-dealkylation sites (N-methyl/N-ethyl adjacent to an activating group) is 1. The zero-order valence-corrected chi connectivity index (χ0v) is 28.2. The van der Waals surface area contributed by atoms with Crippen LogP contribution in [-0.2, 0) is 20.7 Å². The highest BCUT2D eigenvalue weighted by atomic mass is 19.1. The third kappa shape index (κ3) is 9.19. The molecule has 0 N–H and O–H groups in total. The molecule has 6 nitrogen and oxygen atoms in total. The Balaban J connectivity index is 2.13. The van der Waals surface area contributed by atoms with Gasteiger partial charge in [-0.1, -0.05) is 13.8 Å². The smallest absolute Gasteiger partial charge is 0.306 e. The van der Waals surface area contributed by atoms with Crippen molar-refractivity contribution in [1.82, 2.24) is 9.47 Å². The van der Waals surface area contributed by atoms with Crippen LogP contribution in [0.1, 0.15) is 85.4 Å². The Morgan fingerprint density at radius 1 is 0.911 bits per heavy atom. The van der Waals surface area contributed by atoms with E-state index in [1.807, 2.05) is 34.9 Å². The fourth-order valence-electron chi connectivity index (χ4n) is 6.08. The van der Waals surface area contributed by atoms with Crippen LogP contribution >= 0.6 is 0 Å². The number of pyridine rings is 1. The number of carbonyl (C=O) groups excluding carboxylic acids is 2. The van der Waals surface area contributed by atoms with Gasteiger partial charge in [-0.2, -0.15) is 0 Å². The lowest BCUT2D eigenvalue weighted by Gasteiger charge is -2.25. The molecule has 0 spiro atoms. The average molecular weight is 623 g/mol. The topological polar surface area (TPSA) is 68.6 Å². The summed E-state index contributed by atoms with van der Waals surface area (Å²) >= 11 is 0. The Bertz CT molecular complexity index is 1570. The van der Waals surface area contributed by atoms with Gasteiger partial charge in [-0.25, -0.2) is 8.78 Å². The molecule has 3 rings (SSSR count). The van der Waals surface area contributed by atoms with Gasteiger partial charge in [0.25, 0.3) is 5.56 Å². The van der Waals surface area contributed by atoms with E-state index in [9.17, 15) is 18.8 Å². The van der Waals surface area contributed by atoms with E-state index in [1.165, 1.54) is 16.7 Å². The maximum absolute atomic E-state index is 16.0. The Morgan fingerprint density at radius 3 is 2.13 bits per heavy atom. The largest absolute Gasteiger partial charge is 0.466 e. The molecule has 0 amide bonds. The molecule has 1 aromatic heterocycles. The zero-order valence-electron chi connectivity index (χ0n) is 28.2. The van der Waals surface area contributed by atoms with Crippen LogP contribution < -0.4 is 5.56 Å². The van der Waals surface area contributed by atoms with Crippen LogP contribution in [0.15, 0.2) is 41.3 Å². The first-order valence-corrected chi connectivity index (χ1v) is 15.7. The molecule has 2 atom stereocenters. The van der Waals surface area contributed by atoms with Gasteiger partial charge in [-0.3, -0.25) is 14.4 Å². The van der Waals surface area contributed by atoms with Gasteiger partial charge in [0.1, 0.15) is 11.6 Å². The molecular formula is C37H48F2N2O4. The summed E-state index contributed by atoms with van der Waals surface area (Å²) in [4.78, 5) is 42.4. The van der Waals surface area contributed by atoms with Crippen molar-refractivity contribution in [3.8, 4) is 11.1 Å². The van der Waals surface area contributed by atoms with E-state index in [-0.39, 0.29) is 48.1 Å². The first-order valence-electron chi connectivity index (χ1n) is 15.7. The minimum atomic E-state index is -0.833. The number of aromatic nitrogens is 1. The summed E-state index contributed by atoms with van der Waals surface area (Å²) in [6.45, 7) is 13.7. The van der Waals surface area contributed by atoms with Crippen molar-refractivity contribution in [2.75, 3.05) is 27.2 Å². The van der Waals surface area contributed by atoms with E-state index in [2.05, 4.69) is 4.90 Å². The van der Waals surface area contributed by atoms with Crippen LogP contribution in [0.4, 0.5) is 8.78 Å².